The predicted octanol–water partition coefficient (Wildman–Crippen LogP) is 4.66. The van der Waals surface area contributed by atoms with E-state index in [2.05, 4.69) is 0 Å². The van der Waals surface area contributed by atoms with Crippen molar-refractivity contribution in [3.05, 3.63) is 65.0 Å². The van der Waals surface area contributed by atoms with E-state index in [0.29, 0.717) is 22.1 Å². The van der Waals surface area contributed by atoms with Crippen LogP contribution in [0.25, 0.3) is 16.6 Å². The second-order valence-electron chi connectivity index (χ2n) is 7.89. The Morgan fingerprint density at radius 3 is 2.47 bits per heavy atom. The Labute approximate surface area is 181 Å². The fraction of sp³-hybridized carbons (Fsp3) is 0.375. The van der Waals surface area contributed by atoms with Gasteiger partial charge in [0.15, 0.2) is 5.16 Å². The van der Waals surface area contributed by atoms with Crippen LogP contribution in [0.4, 0.5) is 0 Å². The molecule has 1 amide bonds. The summed E-state index contributed by atoms with van der Waals surface area (Å²) in [5.41, 5.74) is 1.29. The van der Waals surface area contributed by atoms with Crippen LogP contribution >= 0.6 is 11.8 Å². The monoisotopic (exact) mass is 421 g/mol. The van der Waals surface area contributed by atoms with Gasteiger partial charge in [-0.15, -0.1) is 0 Å². The Balaban J connectivity index is 1.69. The Morgan fingerprint density at radius 2 is 1.73 bits per heavy atom. The maximum absolute atomic E-state index is 13.3. The molecule has 0 spiro atoms. The fourth-order valence-corrected chi connectivity index (χ4v) is 5.17. The summed E-state index contributed by atoms with van der Waals surface area (Å²) in [6.45, 7) is 1.91. The first-order chi connectivity index (χ1) is 14.6. The van der Waals surface area contributed by atoms with Crippen LogP contribution in [0.15, 0.2) is 64.5 Å². The first kappa shape index (κ1) is 20.7. The summed E-state index contributed by atoms with van der Waals surface area (Å²) >= 11 is 1.36. The van der Waals surface area contributed by atoms with Crippen LogP contribution in [-0.4, -0.2) is 38.7 Å². The molecule has 0 radical (unpaired) electrons. The highest BCUT2D eigenvalue weighted by molar-refractivity contribution is 8.00. The number of thioether (sulfide) groups is 1. The van der Waals surface area contributed by atoms with E-state index in [1.165, 1.54) is 31.0 Å². The molecule has 1 aromatic heterocycles. The largest absolute Gasteiger partial charge is 0.342 e. The summed E-state index contributed by atoms with van der Waals surface area (Å²) in [5, 5.41) is 0.784. The van der Waals surface area contributed by atoms with Crippen LogP contribution in [0.5, 0.6) is 0 Å². The number of hydrogen-bond donors (Lipinski definition) is 0. The molecule has 1 atom stereocenters. The topological polar surface area (TPSA) is 55.2 Å². The van der Waals surface area contributed by atoms with Gasteiger partial charge in [0.25, 0.3) is 5.56 Å². The van der Waals surface area contributed by atoms with Crippen molar-refractivity contribution < 1.29 is 4.79 Å². The first-order valence-corrected chi connectivity index (χ1v) is 11.4. The Morgan fingerprint density at radius 1 is 1.07 bits per heavy atom. The van der Waals surface area contributed by atoms with Crippen molar-refractivity contribution in [1.82, 2.24) is 14.5 Å². The number of aromatic nitrogens is 2. The molecule has 156 valence electrons. The highest BCUT2D eigenvalue weighted by Gasteiger charge is 2.27. The summed E-state index contributed by atoms with van der Waals surface area (Å²) in [5.74, 6) is 0.0916. The third kappa shape index (κ3) is 4.15. The van der Waals surface area contributed by atoms with Gasteiger partial charge in [0.05, 0.1) is 21.8 Å². The summed E-state index contributed by atoms with van der Waals surface area (Å²) in [6, 6.07) is 17.2. The molecule has 0 saturated heterocycles. The summed E-state index contributed by atoms with van der Waals surface area (Å²) in [6.07, 6.45) is 5.77. The van der Waals surface area contributed by atoms with E-state index in [4.69, 9.17) is 4.98 Å². The molecule has 5 nitrogen and oxygen atoms in total. The lowest BCUT2D eigenvalue weighted by atomic mass is 9.94. The lowest BCUT2D eigenvalue weighted by Crippen LogP contribution is -2.42. The van der Waals surface area contributed by atoms with Crippen molar-refractivity contribution in [2.45, 2.75) is 55.5 Å². The number of para-hydroxylation sites is 2. The molecule has 0 aliphatic heterocycles. The number of rotatable bonds is 5. The smallest absolute Gasteiger partial charge is 0.266 e. The van der Waals surface area contributed by atoms with E-state index in [1.807, 2.05) is 67.4 Å². The summed E-state index contributed by atoms with van der Waals surface area (Å²) in [7, 11) is 1.91. The molecule has 4 rings (SSSR count). The SMILES string of the molecule is CC(Sc1nc2ccccc2c(=O)n1-c1ccccc1)C(=O)N(C)C1CCCCC1. The molecule has 1 aliphatic rings. The number of fused-ring (bicyclic) bond motifs is 1. The van der Waals surface area contributed by atoms with Crippen molar-refractivity contribution in [2.24, 2.45) is 0 Å². The third-order valence-electron chi connectivity index (χ3n) is 5.86. The van der Waals surface area contributed by atoms with Crippen molar-refractivity contribution >= 4 is 28.6 Å². The Kier molecular flexibility index (Phi) is 6.23. The molecular weight excluding hydrogens is 394 g/mol. The fourth-order valence-electron chi connectivity index (χ4n) is 4.14. The molecule has 1 aliphatic carbocycles. The first-order valence-electron chi connectivity index (χ1n) is 10.6. The minimum absolute atomic E-state index is 0.0916. The predicted molar refractivity (Wildman–Crippen MR) is 122 cm³/mol. The average molecular weight is 422 g/mol. The van der Waals surface area contributed by atoms with Gasteiger partial charge >= 0.3 is 0 Å². The zero-order valence-corrected chi connectivity index (χ0v) is 18.3. The number of nitrogens with zero attached hydrogens (tertiary/aromatic N) is 3. The number of hydrogen-bond acceptors (Lipinski definition) is 4. The van der Waals surface area contributed by atoms with Crippen LogP contribution in [0.3, 0.4) is 0 Å². The van der Waals surface area contributed by atoms with E-state index in [-0.39, 0.29) is 16.7 Å². The van der Waals surface area contributed by atoms with Gasteiger partial charge in [-0.3, -0.25) is 14.2 Å². The molecule has 2 aromatic carbocycles. The Bertz CT molecular complexity index is 1090. The number of benzene rings is 2. The van der Waals surface area contributed by atoms with Crippen LogP contribution in [0, 0.1) is 0 Å². The minimum atomic E-state index is -0.333. The van der Waals surface area contributed by atoms with Crippen LogP contribution in [-0.2, 0) is 4.79 Å². The van der Waals surface area contributed by atoms with E-state index in [0.717, 1.165) is 18.5 Å². The second-order valence-corrected chi connectivity index (χ2v) is 9.20. The number of carbonyl (C=O) groups is 1. The highest BCUT2D eigenvalue weighted by atomic mass is 32.2. The minimum Gasteiger partial charge on any atom is -0.342 e. The number of carbonyl (C=O) groups excluding carboxylic acids is 1. The summed E-state index contributed by atoms with van der Waals surface area (Å²) in [4.78, 5) is 33.1. The van der Waals surface area contributed by atoms with Gasteiger partial charge in [-0.05, 0) is 44.0 Å². The van der Waals surface area contributed by atoms with Gasteiger partial charge in [-0.1, -0.05) is 61.4 Å². The molecule has 6 heteroatoms. The van der Waals surface area contributed by atoms with E-state index in [9.17, 15) is 9.59 Å². The highest BCUT2D eigenvalue weighted by Crippen LogP contribution is 2.28. The lowest BCUT2D eigenvalue weighted by Gasteiger charge is -2.32. The zero-order chi connectivity index (χ0) is 21.1. The van der Waals surface area contributed by atoms with E-state index in [1.54, 1.807) is 10.6 Å². The van der Waals surface area contributed by atoms with Gasteiger partial charge in [-0.25, -0.2) is 4.98 Å². The van der Waals surface area contributed by atoms with Crippen molar-refractivity contribution in [1.29, 1.82) is 0 Å². The molecule has 30 heavy (non-hydrogen) atoms. The van der Waals surface area contributed by atoms with Gasteiger partial charge in [0.1, 0.15) is 0 Å². The van der Waals surface area contributed by atoms with Gasteiger partial charge in [0, 0.05) is 13.1 Å². The molecule has 0 N–H and O–H groups in total. The number of amides is 1. The molecular formula is C24H27N3O2S. The third-order valence-corrected chi connectivity index (χ3v) is 6.90. The zero-order valence-electron chi connectivity index (χ0n) is 17.5. The van der Waals surface area contributed by atoms with E-state index < -0.39 is 0 Å². The maximum Gasteiger partial charge on any atom is 0.266 e. The van der Waals surface area contributed by atoms with Gasteiger partial charge in [0.2, 0.25) is 5.91 Å². The molecule has 0 bridgehead atoms. The van der Waals surface area contributed by atoms with E-state index >= 15 is 0 Å². The normalized spacial score (nSPS) is 15.8. The second kappa shape index (κ2) is 9.04. The standard InChI is InChI=1S/C24H27N3O2S/c1-17(22(28)26(2)18-11-5-3-6-12-18)30-24-25-21-16-10-9-15-20(21)23(29)27(24)19-13-7-4-8-14-19/h4,7-10,13-18H,3,5-6,11-12H2,1-2H3. The molecule has 3 aromatic rings. The van der Waals surface area contributed by atoms with Crippen LogP contribution in [0.2, 0.25) is 0 Å². The van der Waals surface area contributed by atoms with Crippen molar-refractivity contribution in [3.63, 3.8) is 0 Å². The lowest BCUT2D eigenvalue weighted by molar-refractivity contribution is -0.131. The molecule has 1 fully saturated rings. The molecule has 1 heterocycles. The Hall–Kier alpha value is -2.60. The average Bonchev–Trinajstić information content (AvgIpc) is 2.79. The quantitative estimate of drug-likeness (QED) is 0.444. The maximum atomic E-state index is 13.3. The molecule has 1 unspecified atom stereocenters. The van der Waals surface area contributed by atoms with Crippen LogP contribution in [0.1, 0.15) is 39.0 Å². The van der Waals surface area contributed by atoms with Gasteiger partial charge in [-0.2, -0.15) is 0 Å². The van der Waals surface area contributed by atoms with Crippen molar-refractivity contribution in [2.75, 3.05) is 7.05 Å². The summed E-state index contributed by atoms with van der Waals surface area (Å²) < 4.78 is 1.62. The van der Waals surface area contributed by atoms with Crippen LogP contribution < -0.4 is 5.56 Å². The van der Waals surface area contributed by atoms with Gasteiger partial charge < -0.3 is 4.90 Å². The van der Waals surface area contributed by atoms with Crippen molar-refractivity contribution in [3.8, 4) is 5.69 Å². The molecule has 1 saturated carbocycles.